The van der Waals surface area contributed by atoms with Crippen LogP contribution in [0.15, 0.2) is 42.7 Å². The van der Waals surface area contributed by atoms with Crippen LogP contribution in [0.5, 0.6) is 5.75 Å². The van der Waals surface area contributed by atoms with Crippen molar-refractivity contribution in [3.05, 3.63) is 76.5 Å². The largest absolute Gasteiger partial charge is 0.494 e. The van der Waals surface area contributed by atoms with Crippen molar-refractivity contribution < 1.29 is 27.2 Å². The summed E-state index contributed by atoms with van der Waals surface area (Å²) in [5.74, 6) is -1.93. The van der Waals surface area contributed by atoms with Gasteiger partial charge in [-0.15, -0.1) is 10.2 Å². The number of carbonyl (C=O) groups is 1. The van der Waals surface area contributed by atoms with Gasteiger partial charge in [0.05, 0.1) is 49.7 Å². The summed E-state index contributed by atoms with van der Waals surface area (Å²) in [6.45, 7) is -3.09. The molecule has 0 atom stereocenters. The van der Waals surface area contributed by atoms with Crippen LogP contribution in [-0.4, -0.2) is 45.1 Å². The van der Waals surface area contributed by atoms with Crippen molar-refractivity contribution in [1.82, 2.24) is 30.5 Å². The average Bonchev–Trinajstić information content (AvgIpc) is 2.90. The summed E-state index contributed by atoms with van der Waals surface area (Å²) in [4.78, 5) is 24.6. The van der Waals surface area contributed by atoms with E-state index in [1.807, 2.05) is 5.32 Å². The van der Waals surface area contributed by atoms with Crippen LogP contribution < -0.4 is 21.1 Å². The van der Waals surface area contributed by atoms with Gasteiger partial charge >= 0.3 is 0 Å². The number of benzene rings is 1. The molecule has 196 valence electrons. The van der Waals surface area contributed by atoms with E-state index in [1.165, 1.54) is 25.3 Å². The van der Waals surface area contributed by atoms with E-state index in [2.05, 4.69) is 30.5 Å². The van der Waals surface area contributed by atoms with Gasteiger partial charge in [0.1, 0.15) is 17.3 Å². The van der Waals surface area contributed by atoms with Crippen LogP contribution >= 0.6 is 11.6 Å². The van der Waals surface area contributed by atoms with Crippen molar-refractivity contribution >= 4 is 34.7 Å². The molecule has 0 aliphatic carbocycles. The fourth-order valence-electron chi connectivity index (χ4n) is 3.41. The van der Waals surface area contributed by atoms with E-state index < -0.39 is 24.5 Å². The summed E-state index contributed by atoms with van der Waals surface area (Å²) in [5.41, 5.74) is 6.25. The molecule has 11 nitrogen and oxygen atoms in total. The molecule has 1 aromatic carbocycles. The quantitative estimate of drug-likeness (QED) is 0.284. The van der Waals surface area contributed by atoms with E-state index >= 15 is 0 Å². The lowest BCUT2D eigenvalue weighted by molar-refractivity contribution is 0.0958. The molecule has 0 unspecified atom stereocenters. The number of amides is 1. The molecule has 0 radical (unpaired) electrons. The van der Waals surface area contributed by atoms with E-state index in [1.54, 1.807) is 12.1 Å². The van der Waals surface area contributed by atoms with Crippen molar-refractivity contribution in [2.24, 2.45) is 0 Å². The monoisotopic (exact) mass is 545 g/mol. The number of pyridine rings is 1. The van der Waals surface area contributed by atoms with Gasteiger partial charge in [-0.05, 0) is 29.8 Å². The average molecular weight is 546 g/mol. The van der Waals surface area contributed by atoms with Crippen LogP contribution in [0.4, 0.5) is 26.0 Å². The Morgan fingerprint density at radius 1 is 1.13 bits per heavy atom. The Morgan fingerprint density at radius 3 is 2.66 bits per heavy atom. The number of carbonyl (C=O) groups excluding carboxylic acids is 1. The number of aromatic nitrogens is 5. The molecule has 38 heavy (non-hydrogen) atoms. The van der Waals surface area contributed by atoms with Gasteiger partial charge in [-0.1, -0.05) is 11.6 Å². The molecule has 0 fully saturated rings. The fourth-order valence-corrected chi connectivity index (χ4v) is 3.55. The molecule has 1 amide bonds. The summed E-state index contributed by atoms with van der Waals surface area (Å²) in [6.07, 6.45) is 1.94. The Balaban J connectivity index is 1.74. The summed E-state index contributed by atoms with van der Waals surface area (Å²) >= 11 is 6.01. The van der Waals surface area contributed by atoms with Gasteiger partial charge in [0.25, 0.3) is 5.91 Å². The lowest BCUT2D eigenvalue weighted by Gasteiger charge is -2.18. The van der Waals surface area contributed by atoms with Crippen molar-refractivity contribution in [3.63, 3.8) is 0 Å². The van der Waals surface area contributed by atoms with Gasteiger partial charge in [-0.25, -0.2) is 23.7 Å². The molecule has 3 aromatic heterocycles. The number of nitrogens with two attached hydrogens (primary N) is 1. The highest BCUT2D eigenvalue weighted by atomic mass is 35.5. The second-order valence-corrected chi connectivity index (χ2v) is 8.00. The zero-order valence-corrected chi connectivity index (χ0v) is 20.4. The first-order valence-electron chi connectivity index (χ1n) is 12.2. The first-order chi connectivity index (χ1) is 19.4. The minimum atomic E-state index is -2.80. The third-order valence-corrected chi connectivity index (χ3v) is 5.21. The molecule has 4 rings (SSSR count). The van der Waals surface area contributed by atoms with Gasteiger partial charge in [0, 0.05) is 17.2 Å². The van der Waals surface area contributed by atoms with Gasteiger partial charge in [0.2, 0.25) is 0 Å². The number of ether oxygens (including phenoxy) is 2. The molecule has 0 aliphatic heterocycles. The number of hydrogen-bond acceptors (Lipinski definition) is 10. The van der Waals surface area contributed by atoms with Crippen LogP contribution in [0, 0.1) is 11.6 Å². The molecule has 14 heteroatoms. The van der Waals surface area contributed by atoms with Crippen LogP contribution in [-0.2, 0) is 18.0 Å². The Hall–Kier alpha value is -4.49. The smallest absolute Gasteiger partial charge is 0.273 e. The Labute approximate surface area is 224 Å². The topological polar surface area (TPSA) is 150 Å². The lowest BCUT2D eigenvalue weighted by Crippen LogP contribution is -2.21. The molecular weight excluding hydrogens is 522 g/mol. The van der Waals surface area contributed by atoms with E-state index in [4.69, 9.17) is 30.9 Å². The molecule has 3 heterocycles. The van der Waals surface area contributed by atoms with E-state index in [0.717, 1.165) is 12.4 Å². The Bertz CT molecular complexity index is 1580. The van der Waals surface area contributed by atoms with Crippen molar-refractivity contribution in [3.8, 4) is 17.1 Å². The predicted octanol–water partition coefficient (Wildman–Crippen LogP) is 3.67. The zero-order chi connectivity index (χ0) is 29.7. The summed E-state index contributed by atoms with van der Waals surface area (Å²) < 4.78 is 60.9. The molecule has 0 saturated heterocycles. The number of hydrogen-bond donors (Lipinski definition) is 3. The number of nitrogen functional groups attached to an aromatic ring is 1. The second kappa shape index (κ2) is 11.7. The second-order valence-electron chi connectivity index (χ2n) is 7.61. The summed E-state index contributed by atoms with van der Waals surface area (Å²) in [7, 11) is 1.36. The number of rotatable bonds is 9. The number of nitrogens with one attached hydrogen (secondary N) is 2. The molecule has 4 aromatic rings. The van der Waals surface area contributed by atoms with Crippen LogP contribution in [0.3, 0.4) is 0 Å². The maximum Gasteiger partial charge on any atom is 0.273 e. The van der Waals surface area contributed by atoms with E-state index in [-0.39, 0.29) is 58.5 Å². The Kier molecular flexibility index (Phi) is 6.99. The highest BCUT2D eigenvalue weighted by Crippen LogP contribution is 2.39. The van der Waals surface area contributed by atoms with Gasteiger partial charge in [0.15, 0.2) is 28.2 Å². The number of nitrogens with zero attached hydrogens (tertiary/aromatic N) is 5. The molecule has 0 aliphatic rings. The number of anilines is 3. The zero-order valence-electron chi connectivity index (χ0n) is 22.6. The highest BCUT2D eigenvalue weighted by molar-refractivity contribution is 6.29. The fraction of sp³-hybridized carbons (Fsp3) is 0.167. The summed E-state index contributed by atoms with van der Waals surface area (Å²) in [6, 6.07) is 6.94. The van der Waals surface area contributed by atoms with Gasteiger partial charge in [-0.3, -0.25) is 4.79 Å². The third-order valence-electron chi connectivity index (χ3n) is 5.02. The van der Waals surface area contributed by atoms with Gasteiger partial charge in [-0.2, -0.15) is 0 Å². The van der Waals surface area contributed by atoms with Crippen LogP contribution in [0.2, 0.25) is 5.15 Å². The van der Waals surface area contributed by atoms with Crippen molar-refractivity contribution in [2.75, 3.05) is 25.1 Å². The lowest BCUT2D eigenvalue weighted by atomic mass is 10.1. The van der Waals surface area contributed by atoms with E-state index in [0.29, 0.717) is 11.1 Å². The number of methoxy groups -OCH3 is 1. The first kappa shape index (κ1) is 22.7. The maximum atomic E-state index is 14.1. The molecule has 0 bridgehead atoms. The standard InChI is InChI=1S/C24H21ClF2N8O3/c1-29-24(36)21-16(7-19(25)34-35-21)32-17-6-12(10-38-11-18-15(27)3-4-20(28)33-18)5-14(22(17)37-2)23-30-8-13(26)9-31-23/h3-9H,10-11H2,1-2H3,(H2,28,33)(H,29,36)(H,32,34)/i1D3. The molecule has 0 spiro atoms. The third kappa shape index (κ3) is 6.07. The normalized spacial score (nSPS) is 12.3. The predicted molar refractivity (Wildman–Crippen MR) is 135 cm³/mol. The van der Waals surface area contributed by atoms with Crippen LogP contribution in [0.1, 0.15) is 25.9 Å². The van der Waals surface area contributed by atoms with Crippen molar-refractivity contribution in [2.45, 2.75) is 13.2 Å². The van der Waals surface area contributed by atoms with Crippen LogP contribution in [0.25, 0.3) is 11.4 Å². The minimum absolute atomic E-state index is 0.00126. The maximum absolute atomic E-state index is 14.1. The van der Waals surface area contributed by atoms with E-state index in [9.17, 15) is 13.6 Å². The molecule has 0 saturated carbocycles. The minimum Gasteiger partial charge on any atom is -0.494 e. The molecule has 4 N–H and O–H groups in total. The SMILES string of the molecule is [2H]C([2H])([2H])NC(=O)c1nnc(Cl)cc1Nc1cc(COCc2nc(N)ccc2F)cc(-c2ncc(F)cn2)c1OC. The highest BCUT2D eigenvalue weighted by Gasteiger charge is 2.20. The molecular formula is C24H21ClF2N8O3. The Morgan fingerprint density at radius 2 is 1.92 bits per heavy atom. The number of halogens is 3. The summed E-state index contributed by atoms with van der Waals surface area (Å²) in [5, 5.41) is 12.1. The first-order valence-corrected chi connectivity index (χ1v) is 11.1. The van der Waals surface area contributed by atoms with Gasteiger partial charge < -0.3 is 25.8 Å². The van der Waals surface area contributed by atoms with Crippen molar-refractivity contribution in [1.29, 1.82) is 0 Å².